The van der Waals surface area contributed by atoms with E-state index in [-0.39, 0.29) is 5.91 Å². The first-order valence-corrected chi connectivity index (χ1v) is 6.94. The Morgan fingerprint density at radius 1 is 1.59 bits per heavy atom. The highest BCUT2D eigenvalue weighted by Gasteiger charge is 2.22. The first-order chi connectivity index (χ1) is 8.16. The molecule has 0 aromatic carbocycles. The van der Waals surface area contributed by atoms with Crippen LogP contribution >= 0.6 is 11.8 Å². The Balaban J connectivity index is 2.03. The molecule has 3 nitrogen and oxygen atoms in total. The molecule has 1 heterocycles. The zero-order chi connectivity index (χ0) is 12.3. The van der Waals surface area contributed by atoms with Gasteiger partial charge in [0.05, 0.1) is 5.56 Å². The van der Waals surface area contributed by atoms with Crippen molar-refractivity contribution in [2.75, 3.05) is 6.54 Å². The molecule has 1 aliphatic rings. The highest BCUT2D eigenvalue weighted by Crippen LogP contribution is 2.28. The molecule has 1 amide bonds. The molecular formula is C13H18N2OS. The number of pyridine rings is 1. The van der Waals surface area contributed by atoms with E-state index in [0.29, 0.717) is 16.7 Å². The molecule has 0 radical (unpaired) electrons. The van der Waals surface area contributed by atoms with Gasteiger partial charge in [-0.1, -0.05) is 13.8 Å². The Labute approximate surface area is 106 Å². The van der Waals surface area contributed by atoms with Crippen LogP contribution in [0.5, 0.6) is 0 Å². The maximum absolute atomic E-state index is 12.0. The van der Waals surface area contributed by atoms with E-state index in [4.69, 9.17) is 0 Å². The molecule has 1 aliphatic carbocycles. The van der Waals surface area contributed by atoms with Gasteiger partial charge < -0.3 is 5.32 Å². The van der Waals surface area contributed by atoms with E-state index in [0.717, 1.165) is 11.6 Å². The van der Waals surface area contributed by atoms with Gasteiger partial charge in [0, 0.05) is 18.0 Å². The maximum Gasteiger partial charge on any atom is 0.254 e. The third-order valence-corrected chi connectivity index (χ3v) is 3.63. The predicted molar refractivity (Wildman–Crippen MR) is 70.3 cm³/mol. The second-order valence-corrected chi connectivity index (χ2v) is 6.24. The number of carbonyl (C=O) groups excluding carboxylic acids is 1. The van der Waals surface area contributed by atoms with Crippen molar-refractivity contribution < 1.29 is 4.79 Å². The molecule has 0 bridgehead atoms. The van der Waals surface area contributed by atoms with Gasteiger partial charge in [-0.3, -0.25) is 4.79 Å². The number of nitrogens with one attached hydrogen (secondary N) is 1. The summed E-state index contributed by atoms with van der Waals surface area (Å²) in [5.41, 5.74) is 0.701. The average Bonchev–Trinajstić information content (AvgIpc) is 3.09. The molecule has 0 spiro atoms. The third-order valence-electron chi connectivity index (χ3n) is 2.61. The normalized spacial score (nSPS) is 15.0. The number of hydrogen-bond donors (Lipinski definition) is 1. The summed E-state index contributed by atoms with van der Waals surface area (Å²) in [4.78, 5) is 16.3. The summed E-state index contributed by atoms with van der Waals surface area (Å²) >= 11 is 1.63. The van der Waals surface area contributed by atoms with Crippen LogP contribution in [-0.4, -0.2) is 22.7 Å². The zero-order valence-electron chi connectivity index (χ0n) is 10.3. The van der Waals surface area contributed by atoms with Crippen molar-refractivity contribution in [3.63, 3.8) is 0 Å². The number of rotatable bonds is 5. The standard InChI is InChI=1S/C13H18N2OS/c1-9(2)17-13-11(4-3-7-14-13)12(16)15-8-10-5-6-10/h3-4,7,9-10H,5-6,8H2,1-2H3,(H,15,16). The number of hydrogen-bond acceptors (Lipinski definition) is 3. The van der Waals surface area contributed by atoms with Gasteiger partial charge in [0.15, 0.2) is 0 Å². The maximum atomic E-state index is 12.0. The molecule has 92 valence electrons. The van der Waals surface area contributed by atoms with Gasteiger partial charge >= 0.3 is 0 Å². The molecule has 1 fully saturated rings. The van der Waals surface area contributed by atoms with Gasteiger partial charge in [0.1, 0.15) is 5.03 Å². The summed E-state index contributed by atoms with van der Waals surface area (Å²) < 4.78 is 0. The molecule has 1 saturated carbocycles. The summed E-state index contributed by atoms with van der Waals surface area (Å²) in [7, 11) is 0. The van der Waals surface area contributed by atoms with E-state index in [1.807, 2.05) is 12.1 Å². The lowest BCUT2D eigenvalue weighted by Gasteiger charge is -2.10. The van der Waals surface area contributed by atoms with Crippen molar-refractivity contribution >= 4 is 17.7 Å². The number of amides is 1. The molecule has 1 N–H and O–H groups in total. The second kappa shape index (κ2) is 5.54. The van der Waals surface area contributed by atoms with Crippen LogP contribution in [0.3, 0.4) is 0 Å². The Morgan fingerprint density at radius 3 is 3.00 bits per heavy atom. The summed E-state index contributed by atoms with van der Waals surface area (Å²) in [5, 5.41) is 4.24. The van der Waals surface area contributed by atoms with Crippen LogP contribution in [0.1, 0.15) is 37.0 Å². The van der Waals surface area contributed by atoms with Gasteiger partial charge in [-0.25, -0.2) is 4.98 Å². The lowest BCUT2D eigenvalue weighted by Crippen LogP contribution is -2.26. The van der Waals surface area contributed by atoms with Crippen molar-refractivity contribution in [1.82, 2.24) is 10.3 Å². The van der Waals surface area contributed by atoms with Gasteiger partial charge in [0.2, 0.25) is 0 Å². The first-order valence-electron chi connectivity index (χ1n) is 6.06. The fourth-order valence-electron chi connectivity index (χ4n) is 1.54. The summed E-state index contributed by atoms with van der Waals surface area (Å²) in [6.07, 6.45) is 4.24. The van der Waals surface area contributed by atoms with E-state index >= 15 is 0 Å². The molecule has 1 aromatic heterocycles. The minimum atomic E-state index is 0.00755. The summed E-state index contributed by atoms with van der Waals surface area (Å²) in [6.45, 7) is 5.01. The van der Waals surface area contributed by atoms with E-state index in [9.17, 15) is 4.79 Å². The monoisotopic (exact) mass is 250 g/mol. The molecule has 0 atom stereocenters. The molecule has 2 rings (SSSR count). The predicted octanol–water partition coefficient (Wildman–Crippen LogP) is 2.72. The molecule has 0 saturated heterocycles. The van der Waals surface area contributed by atoms with Crippen LogP contribution in [0, 0.1) is 5.92 Å². The van der Waals surface area contributed by atoms with Crippen LogP contribution in [0.2, 0.25) is 0 Å². The minimum Gasteiger partial charge on any atom is -0.352 e. The van der Waals surface area contributed by atoms with Crippen molar-refractivity contribution in [3.8, 4) is 0 Å². The lowest BCUT2D eigenvalue weighted by atomic mass is 10.2. The lowest BCUT2D eigenvalue weighted by molar-refractivity contribution is 0.0948. The van der Waals surface area contributed by atoms with Crippen LogP contribution in [0.15, 0.2) is 23.4 Å². The smallest absolute Gasteiger partial charge is 0.254 e. The van der Waals surface area contributed by atoms with E-state index in [1.54, 1.807) is 18.0 Å². The average molecular weight is 250 g/mol. The zero-order valence-corrected chi connectivity index (χ0v) is 11.1. The van der Waals surface area contributed by atoms with Crippen LogP contribution in [-0.2, 0) is 0 Å². The highest BCUT2D eigenvalue weighted by molar-refractivity contribution is 7.99. The van der Waals surface area contributed by atoms with Gasteiger partial charge in [-0.2, -0.15) is 0 Å². The van der Waals surface area contributed by atoms with E-state index in [2.05, 4.69) is 24.1 Å². The van der Waals surface area contributed by atoms with Gasteiger partial charge in [0.25, 0.3) is 5.91 Å². The Morgan fingerprint density at radius 2 is 2.35 bits per heavy atom. The number of thioether (sulfide) groups is 1. The quantitative estimate of drug-likeness (QED) is 0.817. The molecule has 4 heteroatoms. The van der Waals surface area contributed by atoms with Crippen molar-refractivity contribution in [2.45, 2.75) is 37.0 Å². The Bertz CT molecular complexity index is 402. The van der Waals surface area contributed by atoms with Gasteiger partial charge in [-0.05, 0) is 30.9 Å². The van der Waals surface area contributed by atoms with Crippen molar-refractivity contribution in [3.05, 3.63) is 23.9 Å². The van der Waals surface area contributed by atoms with Crippen LogP contribution in [0.4, 0.5) is 0 Å². The van der Waals surface area contributed by atoms with Crippen molar-refractivity contribution in [1.29, 1.82) is 0 Å². The largest absolute Gasteiger partial charge is 0.352 e. The molecule has 0 unspecified atom stereocenters. The van der Waals surface area contributed by atoms with Crippen LogP contribution < -0.4 is 5.32 Å². The summed E-state index contributed by atoms with van der Waals surface area (Å²) in [6, 6.07) is 3.66. The fraction of sp³-hybridized carbons (Fsp3) is 0.538. The highest BCUT2D eigenvalue weighted by atomic mass is 32.2. The van der Waals surface area contributed by atoms with Gasteiger partial charge in [-0.15, -0.1) is 11.8 Å². The minimum absolute atomic E-state index is 0.00755. The molecule has 0 aliphatic heterocycles. The van der Waals surface area contributed by atoms with Crippen LogP contribution in [0.25, 0.3) is 0 Å². The second-order valence-electron chi connectivity index (χ2n) is 4.68. The fourth-order valence-corrected chi connectivity index (χ4v) is 2.39. The topological polar surface area (TPSA) is 42.0 Å². The SMILES string of the molecule is CC(C)Sc1ncccc1C(=O)NCC1CC1. The Hall–Kier alpha value is -1.03. The van der Waals surface area contributed by atoms with E-state index in [1.165, 1.54) is 12.8 Å². The van der Waals surface area contributed by atoms with Crippen molar-refractivity contribution in [2.24, 2.45) is 5.92 Å². The number of aromatic nitrogens is 1. The third kappa shape index (κ3) is 3.73. The molecule has 17 heavy (non-hydrogen) atoms. The molecule has 1 aromatic rings. The van der Waals surface area contributed by atoms with E-state index < -0.39 is 0 Å². The number of carbonyl (C=O) groups is 1. The molecular weight excluding hydrogens is 232 g/mol. The Kier molecular flexibility index (Phi) is 4.05. The first kappa shape index (κ1) is 12.4. The summed E-state index contributed by atoms with van der Waals surface area (Å²) in [5.74, 6) is 0.713. The number of nitrogens with zero attached hydrogens (tertiary/aromatic N) is 1.